The van der Waals surface area contributed by atoms with Crippen molar-refractivity contribution in [3.05, 3.63) is 43.2 Å². The van der Waals surface area contributed by atoms with Crippen molar-refractivity contribution in [3.8, 4) is 41.1 Å². The molecule has 0 saturated carbocycles. The van der Waals surface area contributed by atoms with Gasteiger partial charge in [0.05, 0.1) is 42.7 Å². The molecule has 9 heteroatoms. The van der Waals surface area contributed by atoms with Crippen LogP contribution >= 0.6 is 0 Å². The number of rotatable bonds is 5. The van der Waals surface area contributed by atoms with Gasteiger partial charge >= 0.3 is 0 Å². The van der Waals surface area contributed by atoms with Crippen molar-refractivity contribution in [3.63, 3.8) is 0 Å². The maximum atomic E-state index is 9.36. The lowest BCUT2D eigenvalue weighted by Crippen LogP contribution is -2.62. The summed E-state index contributed by atoms with van der Waals surface area (Å²) in [6.45, 7) is 1.98. The average molecular weight is 397 g/mol. The van der Waals surface area contributed by atoms with E-state index < -0.39 is 0 Å². The zero-order valence-electron chi connectivity index (χ0n) is 16.5. The standard InChI is InChI=1S/C21H19N9/c1-3-7-28-14-21(15-28,4-5-22)30-13-17(11-25-30)20-26-18(16-10-24-27(2)12-16)9-19-23-6-8-29(19)20/h1,6,8-13H,4,7,14-15H2,2H3. The van der Waals surface area contributed by atoms with E-state index in [1.165, 1.54) is 0 Å². The van der Waals surface area contributed by atoms with Gasteiger partial charge in [-0.25, -0.2) is 9.97 Å². The van der Waals surface area contributed by atoms with Gasteiger partial charge in [-0.3, -0.25) is 18.7 Å². The maximum absolute atomic E-state index is 9.36. The van der Waals surface area contributed by atoms with E-state index in [2.05, 4.69) is 32.1 Å². The minimum atomic E-state index is -0.362. The highest BCUT2D eigenvalue weighted by atomic mass is 15.4. The summed E-state index contributed by atoms with van der Waals surface area (Å²) in [5, 5.41) is 18.2. The Bertz CT molecular complexity index is 1300. The smallest absolute Gasteiger partial charge is 0.149 e. The molecule has 0 N–H and O–H groups in total. The summed E-state index contributed by atoms with van der Waals surface area (Å²) in [6, 6.07) is 4.24. The number of terminal acetylenes is 1. The minimum Gasteiger partial charge on any atom is -0.287 e. The molecule has 1 aliphatic rings. The maximum Gasteiger partial charge on any atom is 0.149 e. The molecular formula is C21H19N9. The molecule has 0 aliphatic carbocycles. The SMILES string of the molecule is C#CCN1CC(CC#N)(n2cc(-c3nc(-c4cnn(C)c4)cc4nccn34)cn2)C1. The Hall–Kier alpha value is -3.95. The summed E-state index contributed by atoms with van der Waals surface area (Å²) in [5.41, 5.74) is 3.00. The summed E-state index contributed by atoms with van der Waals surface area (Å²) < 4.78 is 5.57. The Kier molecular flexibility index (Phi) is 4.12. The molecule has 5 rings (SSSR count). The summed E-state index contributed by atoms with van der Waals surface area (Å²) in [4.78, 5) is 11.4. The summed E-state index contributed by atoms with van der Waals surface area (Å²) in [7, 11) is 1.87. The molecule has 0 unspecified atom stereocenters. The first-order valence-electron chi connectivity index (χ1n) is 9.53. The molecule has 0 atom stereocenters. The third-order valence-electron chi connectivity index (χ3n) is 5.48. The van der Waals surface area contributed by atoms with Crippen LogP contribution < -0.4 is 0 Å². The van der Waals surface area contributed by atoms with Crippen LogP contribution in [-0.4, -0.2) is 58.5 Å². The molecule has 1 aliphatic heterocycles. The highest BCUT2D eigenvalue weighted by Crippen LogP contribution is 2.33. The normalized spacial score (nSPS) is 15.6. The third kappa shape index (κ3) is 2.84. The molecule has 4 aromatic heterocycles. The van der Waals surface area contributed by atoms with Crippen LogP contribution in [0.15, 0.2) is 43.2 Å². The van der Waals surface area contributed by atoms with Crippen LogP contribution in [0.2, 0.25) is 0 Å². The van der Waals surface area contributed by atoms with E-state index >= 15 is 0 Å². The molecule has 1 fully saturated rings. The van der Waals surface area contributed by atoms with E-state index in [1.807, 2.05) is 40.8 Å². The molecule has 0 bridgehead atoms. The third-order valence-corrected chi connectivity index (χ3v) is 5.48. The molecule has 4 aromatic rings. The summed E-state index contributed by atoms with van der Waals surface area (Å²) in [6.07, 6.45) is 16.9. The highest BCUT2D eigenvalue weighted by Gasteiger charge is 2.45. The molecule has 0 amide bonds. The van der Waals surface area contributed by atoms with Crippen molar-refractivity contribution >= 4 is 5.65 Å². The second kappa shape index (κ2) is 6.83. The number of likely N-dealkylation sites (tertiary alicyclic amines) is 1. The fourth-order valence-corrected chi connectivity index (χ4v) is 4.04. The van der Waals surface area contributed by atoms with Crippen LogP contribution in [-0.2, 0) is 12.6 Å². The van der Waals surface area contributed by atoms with E-state index in [-0.39, 0.29) is 5.54 Å². The van der Waals surface area contributed by atoms with E-state index in [0.29, 0.717) is 26.1 Å². The average Bonchev–Trinajstić information content (AvgIpc) is 3.45. The number of nitriles is 1. The van der Waals surface area contributed by atoms with Gasteiger partial charge in [-0.2, -0.15) is 15.5 Å². The first-order chi connectivity index (χ1) is 14.6. The van der Waals surface area contributed by atoms with Crippen molar-refractivity contribution < 1.29 is 0 Å². The van der Waals surface area contributed by atoms with Crippen LogP contribution in [0.25, 0.3) is 28.3 Å². The Morgan fingerprint density at radius 3 is 2.77 bits per heavy atom. The van der Waals surface area contributed by atoms with Gasteiger partial charge in [0.15, 0.2) is 0 Å². The first-order valence-corrected chi connectivity index (χ1v) is 9.53. The second-order valence-corrected chi connectivity index (χ2v) is 7.61. The van der Waals surface area contributed by atoms with E-state index in [9.17, 15) is 5.26 Å². The van der Waals surface area contributed by atoms with Crippen molar-refractivity contribution in [1.82, 2.24) is 38.8 Å². The molecule has 9 nitrogen and oxygen atoms in total. The van der Waals surface area contributed by atoms with Gasteiger partial charge in [-0.1, -0.05) is 5.92 Å². The van der Waals surface area contributed by atoms with Crippen LogP contribution in [0.4, 0.5) is 0 Å². The monoisotopic (exact) mass is 397 g/mol. The van der Waals surface area contributed by atoms with E-state index in [0.717, 1.165) is 28.3 Å². The van der Waals surface area contributed by atoms with Gasteiger partial charge in [0.2, 0.25) is 0 Å². The number of aromatic nitrogens is 7. The van der Waals surface area contributed by atoms with Gasteiger partial charge in [0.1, 0.15) is 17.0 Å². The van der Waals surface area contributed by atoms with Gasteiger partial charge in [0.25, 0.3) is 0 Å². The summed E-state index contributed by atoms with van der Waals surface area (Å²) >= 11 is 0. The van der Waals surface area contributed by atoms with Gasteiger partial charge in [0, 0.05) is 56.6 Å². The quantitative estimate of drug-likeness (QED) is 0.475. The predicted molar refractivity (Wildman–Crippen MR) is 110 cm³/mol. The Labute approximate surface area is 173 Å². The van der Waals surface area contributed by atoms with E-state index in [4.69, 9.17) is 11.4 Å². The topological polar surface area (TPSA) is 92.9 Å². The Balaban J connectivity index is 1.56. The van der Waals surface area contributed by atoms with E-state index in [1.54, 1.807) is 23.3 Å². The second-order valence-electron chi connectivity index (χ2n) is 7.61. The number of fused-ring (bicyclic) bond motifs is 1. The lowest BCUT2D eigenvalue weighted by Gasteiger charge is -2.48. The van der Waals surface area contributed by atoms with Crippen LogP contribution in [0.1, 0.15) is 6.42 Å². The number of hydrogen-bond donors (Lipinski definition) is 0. The fourth-order valence-electron chi connectivity index (χ4n) is 4.04. The number of imidazole rings is 1. The van der Waals surface area contributed by atoms with Crippen LogP contribution in [0.5, 0.6) is 0 Å². The minimum absolute atomic E-state index is 0.362. The van der Waals surface area contributed by atoms with Gasteiger partial charge in [-0.15, -0.1) is 6.42 Å². The molecular weight excluding hydrogens is 378 g/mol. The lowest BCUT2D eigenvalue weighted by molar-refractivity contribution is 0.0160. The van der Waals surface area contributed by atoms with Crippen LogP contribution in [0, 0.1) is 23.7 Å². The van der Waals surface area contributed by atoms with Crippen molar-refractivity contribution in [2.45, 2.75) is 12.0 Å². The fraction of sp³-hybridized carbons (Fsp3) is 0.286. The zero-order valence-corrected chi connectivity index (χ0v) is 16.5. The lowest BCUT2D eigenvalue weighted by atomic mass is 9.87. The zero-order chi connectivity index (χ0) is 20.7. The Morgan fingerprint density at radius 1 is 1.20 bits per heavy atom. The first kappa shape index (κ1) is 18.1. The summed E-state index contributed by atoms with van der Waals surface area (Å²) in [5.74, 6) is 3.40. The molecule has 5 heterocycles. The Morgan fingerprint density at radius 2 is 2.03 bits per heavy atom. The predicted octanol–water partition coefficient (Wildman–Crippen LogP) is 1.55. The highest BCUT2D eigenvalue weighted by molar-refractivity contribution is 5.68. The van der Waals surface area contributed by atoms with Crippen LogP contribution in [0.3, 0.4) is 0 Å². The number of aryl methyl sites for hydroxylation is 1. The molecule has 30 heavy (non-hydrogen) atoms. The number of hydrogen-bond acceptors (Lipinski definition) is 6. The molecule has 0 aromatic carbocycles. The number of nitrogens with zero attached hydrogens (tertiary/aromatic N) is 9. The molecule has 0 radical (unpaired) electrons. The molecule has 148 valence electrons. The van der Waals surface area contributed by atoms with Gasteiger partial charge in [-0.05, 0) is 0 Å². The molecule has 1 saturated heterocycles. The van der Waals surface area contributed by atoms with Crippen molar-refractivity contribution in [2.24, 2.45) is 7.05 Å². The molecule has 0 spiro atoms. The van der Waals surface area contributed by atoms with Crippen molar-refractivity contribution in [2.75, 3.05) is 19.6 Å². The van der Waals surface area contributed by atoms with Gasteiger partial charge < -0.3 is 0 Å². The van der Waals surface area contributed by atoms with Crippen molar-refractivity contribution in [1.29, 1.82) is 5.26 Å². The largest absolute Gasteiger partial charge is 0.287 e.